The molecule has 7 heteroatoms. The predicted octanol–water partition coefficient (Wildman–Crippen LogP) is 3.24. The number of thioether (sulfide) groups is 1. The van der Waals surface area contributed by atoms with Crippen molar-refractivity contribution in [1.29, 1.82) is 0 Å². The number of nitrogens with one attached hydrogen (secondary N) is 1. The smallest absolute Gasteiger partial charge is 0.356 e. The maximum absolute atomic E-state index is 11.3. The van der Waals surface area contributed by atoms with E-state index in [1.54, 1.807) is 11.3 Å². The maximum Gasteiger partial charge on any atom is 0.356 e. The second-order valence-corrected chi connectivity index (χ2v) is 7.10. The summed E-state index contributed by atoms with van der Waals surface area (Å²) in [4.78, 5) is 23.0. The van der Waals surface area contributed by atoms with Crippen LogP contribution in [0.2, 0.25) is 0 Å². The molecule has 0 aliphatic heterocycles. The van der Waals surface area contributed by atoms with Crippen LogP contribution in [-0.2, 0) is 15.9 Å². The predicted molar refractivity (Wildman–Crippen MR) is 80.3 cm³/mol. The number of rotatable bonds is 4. The number of aromatic nitrogens is 3. The molecule has 0 spiro atoms. The lowest BCUT2D eigenvalue weighted by Crippen LogP contribution is -2.10. The van der Waals surface area contributed by atoms with Crippen molar-refractivity contribution in [3.63, 3.8) is 0 Å². The van der Waals surface area contributed by atoms with Crippen LogP contribution in [-0.4, -0.2) is 28.0 Å². The topological polar surface area (TPSA) is 67.9 Å². The molecule has 0 aliphatic carbocycles. The lowest BCUT2D eigenvalue weighted by atomic mass is 9.98. The summed E-state index contributed by atoms with van der Waals surface area (Å²) in [7, 11) is 1.35. The number of methoxy groups -OCH3 is 1. The van der Waals surface area contributed by atoms with Gasteiger partial charge >= 0.3 is 5.97 Å². The normalized spacial score (nSPS) is 11.6. The Morgan fingerprint density at radius 1 is 1.50 bits per heavy atom. The fraction of sp³-hybridized carbons (Fsp3) is 0.462. The summed E-state index contributed by atoms with van der Waals surface area (Å²) in [6.45, 7) is 6.45. The Balaban J connectivity index is 1.97. The summed E-state index contributed by atoms with van der Waals surface area (Å²) >= 11 is 3.19. The Bertz CT molecular complexity index is 599. The fourth-order valence-electron chi connectivity index (χ4n) is 1.45. The minimum absolute atomic E-state index is 0.0797. The summed E-state index contributed by atoms with van der Waals surface area (Å²) in [6.07, 6.45) is 1.48. The second kappa shape index (κ2) is 5.97. The highest BCUT2D eigenvalue weighted by Crippen LogP contribution is 2.28. The van der Waals surface area contributed by atoms with E-state index in [2.05, 4.69) is 45.8 Å². The number of thiazole rings is 1. The van der Waals surface area contributed by atoms with Crippen LogP contribution in [0.4, 0.5) is 0 Å². The van der Waals surface area contributed by atoms with Gasteiger partial charge in [0, 0.05) is 16.5 Å². The molecule has 0 atom stereocenters. The molecule has 0 amide bonds. The highest BCUT2D eigenvalue weighted by molar-refractivity contribution is 7.98. The number of ether oxygens (including phenoxy) is 1. The number of carbonyl (C=O) groups is 1. The van der Waals surface area contributed by atoms with E-state index in [0.29, 0.717) is 10.9 Å². The van der Waals surface area contributed by atoms with Crippen molar-refractivity contribution in [2.45, 2.75) is 37.1 Å². The Morgan fingerprint density at radius 3 is 2.85 bits per heavy atom. The summed E-state index contributed by atoms with van der Waals surface area (Å²) in [5.41, 5.74) is 1.47. The van der Waals surface area contributed by atoms with E-state index in [1.165, 1.54) is 25.1 Å². The van der Waals surface area contributed by atoms with Crippen LogP contribution in [0.15, 0.2) is 16.7 Å². The first kappa shape index (κ1) is 15.1. The average molecular weight is 311 g/mol. The van der Waals surface area contributed by atoms with Gasteiger partial charge in [-0.1, -0.05) is 32.5 Å². The van der Waals surface area contributed by atoms with E-state index < -0.39 is 5.97 Å². The highest BCUT2D eigenvalue weighted by Gasteiger charge is 2.18. The number of carbonyl (C=O) groups excluding carboxylic acids is 1. The summed E-state index contributed by atoms with van der Waals surface area (Å²) in [5, 5.41) is 3.89. The molecule has 2 aromatic heterocycles. The SMILES string of the molecule is COC(=O)c1cnc(SCc2csc(C(C)(C)C)n2)[nH]1. The third-order valence-corrected chi connectivity index (χ3v) is 4.75. The number of aromatic amines is 1. The van der Waals surface area contributed by atoms with Gasteiger partial charge in [0.05, 0.1) is 24.0 Å². The molecule has 0 bridgehead atoms. The molecule has 108 valence electrons. The Labute approximate surface area is 126 Å². The van der Waals surface area contributed by atoms with Gasteiger partial charge in [0.1, 0.15) is 5.69 Å². The van der Waals surface area contributed by atoms with Crippen molar-refractivity contribution >= 4 is 29.1 Å². The Morgan fingerprint density at radius 2 is 2.25 bits per heavy atom. The first-order valence-electron chi connectivity index (χ1n) is 6.11. The number of H-pyrrole nitrogens is 1. The number of hydrogen-bond donors (Lipinski definition) is 1. The molecule has 0 aliphatic rings. The average Bonchev–Trinajstić information content (AvgIpc) is 3.03. The van der Waals surface area contributed by atoms with E-state index in [1.807, 2.05) is 0 Å². The molecule has 2 aromatic rings. The molecule has 20 heavy (non-hydrogen) atoms. The Hall–Kier alpha value is -1.34. The van der Waals surface area contributed by atoms with Gasteiger partial charge in [-0.3, -0.25) is 0 Å². The molecule has 2 rings (SSSR count). The fourth-order valence-corrected chi connectivity index (χ4v) is 3.20. The first-order chi connectivity index (χ1) is 9.40. The van der Waals surface area contributed by atoms with Crippen LogP contribution >= 0.6 is 23.1 Å². The van der Waals surface area contributed by atoms with Gasteiger partial charge in [-0.25, -0.2) is 14.8 Å². The van der Waals surface area contributed by atoms with Gasteiger partial charge in [0.25, 0.3) is 0 Å². The van der Waals surface area contributed by atoms with Gasteiger partial charge in [-0.05, 0) is 0 Å². The standard InChI is InChI=1S/C13H17N3O2S2/c1-13(2,3)11-15-8(6-19-11)7-20-12-14-5-9(16-12)10(17)18-4/h5-6H,7H2,1-4H3,(H,14,16). The van der Waals surface area contributed by atoms with E-state index in [-0.39, 0.29) is 5.41 Å². The van der Waals surface area contributed by atoms with Gasteiger partial charge in [-0.15, -0.1) is 11.3 Å². The molecule has 0 unspecified atom stereocenters. The first-order valence-corrected chi connectivity index (χ1v) is 7.97. The Kier molecular flexibility index (Phi) is 4.49. The number of imidazole rings is 1. The van der Waals surface area contributed by atoms with Crippen LogP contribution in [0.1, 0.15) is 42.0 Å². The van der Waals surface area contributed by atoms with Crippen LogP contribution < -0.4 is 0 Å². The van der Waals surface area contributed by atoms with Gasteiger partial charge in [0.15, 0.2) is 5.16 Å². The van der Waals surface area contributed by atoms with E-state index >= 15 is 0 Å². The van der Waals surface area contributed by atoms with Crippen molar-refractivity contribution in [1.82, 2.24) is 15.0 Å². The molecule has 0 aromatic carbocycles. The molecule has 1 N–H and O–H groups in total. The molecular formula is C13H17N3O2S2. The van der Waals surface area contributed by atoms with Crippen LogP contribution in [0.5, 0.6) is 0 Å². The van der Waals surface area contributed by atoms with Crippen molar-refractivity contribution in [2.75, 3.05) is 7.11 Å². The summed E-state index contributed by atoms with van der Waals surface area (Å²) < 4.78 is 4.62. The molecule has 0 fully saturated rings. The third kappa shape index (κ3) is 3.61. The molecule has 2 heterocycles. The quantitative estimate of drug-likeness (QED) is 0.693. The van der Waals surface area contributed by atoms with Gasteiger partial charge in [0.2, 0.25) is 0 Å². The number of nitrogens with zero attached hydrogens (tertiary/aromatic N) is 2. The van der Waals surface area contributed by atoms with Crippen molar-refractivity contribution in [3.8, 4) is 0 Å². The van der Waals surface area contributed by atoms with Gasteiger partial charge in [-0.2, -0.15) is 0 Å². The number of hydrogen-bond acceptors (Lipinski definition) is 6. The lowest BCUT2D eigenvalue weighted by Gasteiger charge is -2.13. The summed E-state index contributed by atoms with van der Waals surface area (Å²) in [6, 6.07) is 0. The molecular weight excluding hydrogens is 294 g/mol. The maximum atomic E-state index is 11.3. The summed E-state index contributed by atoms with van der Waals surface area (Å²) in [5.74, 6) is 0.314. The van der Waals surface area contributed by atoms with Gasteiger partial charge < -0.3 is 9.72 Å². The minimum atomic E-state index is -0.409. The minimum Gasteiger partial charge on any atom is -0.464 e. The molecule has 0 saturated carbocycles. The highest BCUT2D eigenvalue weighted by atomic mass is 32.2. The zero-order chi connectivity index (χ0) is 14.8. The largest absolute Gasteiger partial charge is 0.464 e. The van der Waals surface area contributed by atoms with Crippen molar-refractivity contribution in [2.24, 2.45) is 0 Å². The van der Waals surface area contributed by atoms with Crippen LogP contribution in [0, 0.1) is 0 Å². The monoisotopic (exact) mass is 311 g/mol. The zero-order valence-electron chi connectivity index (χ0n) is 11.9. The second-order valence-electron chi connectivity index (χ2n) is 5.28. The van der Waals surface area contributed by atoms with Crippen LogP contribution in [0.25, 0.3) is 0 Å². The van der Waals surface area contributed by atoms with Crippen LogP contribution in [0.3, 0.4) is 0 Å². The van der Waals surface area contributed by atoms with Crippen molar-refractivity contribution < 1.29 is 9.53 Å². The molecule has 0 saturated heterocycles. The zero-order valence-corrected chi connectivity index (χ0v) is 13.5. The van der Waals surface area contributed by atoms with E-state index in [4.69, 9.17) is 0 Å². The lowest BCUT2D eigenvalue weighted by molar-refractivity contribution is 0.0594. The molecule has 0 radical (unpaired) electrons. The van der Waals surface area contributed by atoms with Crippen molar-refractivity contribution in [3.05, 3.63) is 28.0 Å². The number of esters is 1. The van der Waals surface area contributed by atoms with E-state index in [9.17, 15) is 4.79 Å². The van der Waals surface area contributed by atoms with E-state index in [0.717, 1.165) is 16.5 Å². The third-order valence-electron chi connectivity index (χ3n) is 2.51. The molecule has 5 nitrogen and oxygen atoms in total.